The molecule has 0 radical (unpaired) electrons. The lowest BCUT2D eigenvalue weighted by molar-refractivity contribution is 0.0982. The first-order chi connectivity index (χ1) is 12.2. The van der Waals surface area contributed by atoms with Crippen LogP contribution in [-0.4, -0.2) is 30.9 Å². The topological polar surface area (TPSA) is 53.8 Å². The molecule has 0 fully saturated rings. The van der Waals surface area contributed by atoms with E-state index < -0.39 is 0 Å². The number of nitrogens with zero attached hydrogens (tertiary/aromatic N) is 2. The fraction of sp³-hybridized carbons (Fsp3) is 0.250. The Kier molecular flexibility index (Phi) is 6.09. The lowest BCUT2D eigenvalue weighted by atomic mass is 10.0. The first-order valence-electron chi connectivity index (χ1n) is 8.33. The van der Waals surface area contributed by atoms with Gasteiger partial charge in [-0.1, -0.05) is 48.0 Å². The zero-order valence-electron chi connectivity index (χ0n) is 13.9. The van der Waals surface area contributed by atoms with Gasteiger partial charge >= 0.3 is 0 Å². The van der Waals surface area contributed by atoms with Crippen molar-refractivity contribution in [1.82, 2.24) is 5.32 Å². The smallest absolute Gasteiger partial charge is 0.164 e. The predicted octanol–water partition coefficient (Wildman–Crippen LogP) is 3.73. The molecule has 0 saturated carbocycles. The third-order valence-corrected chi connectivity index (χ3v) is 4.33. The van der Waals surface area contributed by atoms with Gasteiger partial charge in [0.05, 0.1) is 6.04 Å². The van der Waals surface area contributed by atoms with Gasteiger partial charge in [0.25, 0.3) is 0 Å². The van der Waals surface area contributed by atoms with E-state index in [1.165, 1.54) is 0 Å². The highest BCUT2D eigenvalue weighted by Crippen LogP contribution is 2.11. The van der Waals surface area contributed by atoms with Crippen LogP contribution in [0.3, 0.4) is 0 Å². The number of carbonyl (C=O) groups is 1. The number of hydrogen-bond acceptors (Lipinski definition) is 4. The fourth-order valence-corrected chi connectivity index (χ4v) is 2.78. The van der Waals surface area contributed by atoms with Crippen LogP contribution in [0.4, 0.5) is 0 Å². The summed E-state index contributed by atoms with van der Waals surface area (Å²) in [4.78, 5) is 20.5. The first kappa shape index (κ1) is 17.5. The van der Waals surface area contributed by atoms with Gasteiger partial charge in [0.1, 0.15) is 6.34 Å². The van der Waals surface area contributed by atoms with Crippen LogP contribution in [0.2, 0.25) is 5.02 Å². The molecule has 2 aromatic rings. The third kappa shape index (κ3) is 5.34. The van der Waals surface area contributed by atoms with E-state index in [4.69, 9.17) is 11.6 Å². The summed E-state index contributed by atoms with van der Waals surface area (Å²) in [5.74, 6) is 0.149. The Morgan fingerprint density at radius 1 is 1.04 bits per heavy atom. The summed E-state index contributed by atoms with van der Waals surface area (Å²) in [5, 5.41) is 4.02. The average Bonchev–Trinajstić information content (AvgIpc) is 3.14. The number of benzene rings is 2. The summed E-state index contributed by atoms with van der Waals surface area (Å²) in [6, 6.07) is 15.6. The summed E-state index contributed by atoms with van der Waals surface area (Å²) in [6.07, 6.45) is 4.72. The Morgan fingerprint density at radius 3 is 2.44 bits per heavy atom. The molecule has 1 unspecified atom stereocenters. The monoisotopic (exact) mass is 353 g/mol. The minimum absolute atomic E-state index is 0.124. The first-order valence-corrected chi connectivity index (χ1v) is 8.71. The van der Waals surface area contributed by atoms with Crippen molar-refractivity contribution in [2.24, 2.45) is 9.98 Å². The van der Waals surface area contributed by atoms with E-state index in [1.54, 1.807) is 6.34 Å². The normalized spacial score (nSPS) is 15.6. The predicted molar refractivity (Wildman–Crippen MR) is 103 cm³/mol. The Bertz CT molecular complexity index is 755. The van der Waals surface area contributed by atoms with Gasteiger partial charge in [-0.05, 0) is 29.7 Å². The largest absolute Gasteiger partial charge is 0.312 e. The molecule has 0 bridgehead atoms. The highest BCUT2D eigenvalue weighted by Gasteiger charge is 2.09. The highest BCUT2D eigenvalue weighted by molar-refractivity contribution is 6.30. The van der Waals surface area contributed by atoms with E-state index in [0.717, 1.165) is 34.7 Å². The Labute approximate surface area is 152 Å². The second kappa shape index (κ2) is 8.70. The molecule has 0 amide bonds. The lowest BCUT2D eigenvalue weighted by Crippen LogP contribution is -2.18. The van der Waals surface area contributed by atoms with E-state index in [2.05, 4.69) is 15.3 Å². The molecule has 1 aliphatic rings. The van der Waals surface area contributed by atoms with Crippen LogP contribution in [-0.2, 0) is 13.0 Å². The average molecular weight is 354 g/mol. The van der Waals surface area contributed by atoms with E-state index in [1.807, 2.05) is 54.7 Å². The number of rotatable bonds is 8. The molecule has 0 spiro atoms. The molecule has 3 rings (SSSR count). The molecular weight excluding hydrogens is 334 g/mol. The quantitative estimate of drug-likeness (QED) is 0.580. The minimum Gasteiger partial charge on any atom is -0.312 e. The molecule has 1 aliphatic heterocycles. The van der Waals surface area contributed by atoms with Crippen molar-refractivity contribution in [2.45, 2.75) is 25.4 Å². The molecule has 5 heteroatoms. The molecular formula is C20H20ClN3O. The second-order valence-corrected chi connectivity index (χ2v) is 6.44. The number of hydrogen-bond donors (Lipinski definition) is 1. The molecule has 128 valence electrons. The molecule has 0 aliphatic carbocycles. The van der Waals surface area contributed by atoms with Gasteiger partial charge in [-0.3, -0.25) is 9.79 Å². The second-order valence-electron chi connectivity index (χ2n) is 6.01. The molecule has 0 saturated heterocycles. The summed E-state index contributed by atoms with van der Waals surface area (Å²) in [6.45, 7) is 1.38. The summed E-state index contributed by atoms with van der Waals surface area (Å²) in [5.41, 5.74) is 3.06. The summed E-state index contributed by atoms with van der Waals surface area (Å²) < 4.78 is 0. The highest BCUT2D eigenvalue weighted by atomic mass is 35.5. The van der Waals surface area contributed by atoms with Gasteiger partial charge in [-0.25, -0.2) is 4.99 Å². The van der Waals surface area contributed by atoms with E-state index in [9.17, 15) is 4.79 Å². The van der Waals surface area contributed by atoms with E-state index in [-0.39, 0.29) is 11.8 Å². The van der Waals surface area contributed by atoms with Crippen molar-refractivity contribution in [3.8, 4) is 0 Å². The molecule has 1 heterocycles. The molecule has 1 N–H and O–H groups in total. The molecule has 1 atom stereocenters. The van der Waals surface area contributed by atoms with Crippen LogP contribution in [0.15, 0.2) is 58.5 Å². The molecule has 4 nitrogen and oxygen atoms in total. The van der Waals surface area contributed by atoms with Gasteiger partial charge in [-0.15, -0.1) is 0 Å². The van der Waals surface area contributed by atoms with Gasteiger partial charge < -0.3 is 5.32 Å². The van der Waals surface area contributed by atoms with Gasteiger partial charge in [0, 0.05) is 36.3 Å². The molecule has 2 aromatic carbocycles. The van der Waals surface area contributed by atoms with Crippen LogP contribution in [0, 0.1) is 0 Å². The number of aliphatic imine (C=N–C) groups is 2. The lowest BCUT2D eigenvalue weighted by Gasteiger charge is -2.07. The number of ketones is 1. The Morgan fingerprint density at radius 2 is 1.76 bits per heavy atom. The minimum atomic E-state index is 0.124. The third-order valence-electron chi connectivity index (χ3n) is 4.07. The van der Waals surface area contributed by atoms with Crippen LogP contribution in [0.5, 0.6) is 0 Å². The summed E-state index contributed by atoms with van der Waals surface area (Å²) in [7, 11) is 0. The summed E-state index contributed by atoms with van der Waals surface area (Å²) >= 11 is 5.86. The van der Waals surface area contributed by atoms with Crippen molar-refractivity contribution < 1.29 is 4.79 Å². The molecule has 25 heavy (non-hydrogen) atoms. The molecule has 0 aromatic heterocycles. The van der Waals surface area contributed by atoms with E-state index >= 15 is 0 Å². The zero-order valence-corrected chi connectivity index (χ0v) is 14.6. The van der Waals surface area contributed by atoms with Crippen LogP contribution in [0.1, 0.15) is 27.9 Å². The van der Waals surface area contributed by atoms with Crippen molar-refractivity contribution >= 4 is 29.9 Å². The van der Waals surface area contributed by atoms with Crippen molar-refractivity contribution in [1.29, 1.82) is 0 Å². The van der Waals surface area contributed by atoms with Gasteiger partial charge in [0.15, 0.2) is 5.78 Å². The van der Waals surface area contributed by atoms with Gasteiger partial charge in [-0.2, -0.15) is 0 Å². The van der Waals surface area contributed by atoms with Crippen molar-refractivity contribution in [2.75, 3.05) is 6.54 Å². The van der Waals surface area contributed by atoms with Crippen molar-refractivity contribution in [3.63, 3.8) is 0 Å². The number of nitrogens with one attached hydrogen (secondary N) is 1. The maximum Gasteiger partial charge on any atom is 0.164 e. The number of Topliss-reactive ketones (excluding diaryl/α,β-unsaturated/α-hetero) is 1. The van der Waals surface area contributed by atoms with Crippen LogP contribution < -0.4 is 5.32 Å². The van der Waals surface area contributed by atoms with Crippen LogP contribution in [0.25, 0.3) is 0 Å². The fourth-order valence-electron chi connectivity index (χ4n) is 2.66. The van der Waals surface area contributed by atoms with Crippen molar-refractivity contribution in [3.05, 3.63) is 70.2 Å². The standard InChI is InChI=1S/C20H20ClN3O/c21-18-7-3-16(4-8-18)12-22-10-9-20(25)17-5-1-15(2-6-17)11-19-13-23-14-24-19/h1-8,13-14,19,22H,9-12H2. The van der Waals surface area contributed by atoms with Crippen LogP contribution >= 0.6 is 11.6 Å². The maximum atomic E-state index is 12.3. The van der Waals surface area contributed by atoms with Gasteiger partial charge in [0.2, 0.25) is 0 Å². The number of carbonyl (C=O) groups excluding carboxylic acids is 1. The Balaban J connectivity index is 1.42. The SMILES string of the molecule is O=C(CCNCc1ccc(Cl)cc1)c1ccc(CC2C=NC=N2)cc1. The number of halogens is 1. The van der Waals surface area contributed by atoms with E-state index in [0.29, 0.717) is 13.0 Å². The zero-order chi connectivity index (χ0) is 17.5. The maximum absolute atomic E-state index is 12.3. The Hall–Kier alpha value is -2.30.